The van der Waals surface area contributed by atoms with Gasteiger partial charge in [-0.15, -0.1) is 0 Å². The van der Waals surface area contributed by atoms with Gasteiger partial charge in [0.2, 0.25) is 0 Å². The van der Waals surface area contributed by atoms with Gasteiger partial charge in [-0.1, -0.05) is 42.0 Å². The molecule has 2 aromatic carbocycles. The zero-order valence-electron chi connectivity index (χ0n) is 14.0. The second-order valence-corrected chi connectivity index (χ2v) is 7.69. The molecule has 0 aliphatic heterocycles. The molecule has 2 rings (SSSR count). The molecule has 0 bridgehead atoms. The average molecular weight is 345 g/mol. The summed E-state index contributed by atoms with van der Waals surface area (Å²) in [7, 11) is -3.16. The Labute approximate surface area is 144 Å². The van der Waals surface area contributed by atoms with Crippen LogP contribution in [0.25, 0.3) is 6.08 Å². The minimum absolute atomic E-state index is 0.301. The maximum atomic E-state index is 11.4. The molecule has 0 aromatic heterocycles. The van der Waals surface area contributed by atoms with Gasteiger partial charge in [0.05, 0.1) is 4.90 Å². The number of hydrogen-bond donors (Lipinski definition) is 1. The highest BCUT2D eigenvalue weighted by Crippen LogP contribution is 2.15. The van der Waals surface area contributed by atoms with Crippen molar-refractivity contribution in [2.75, 3.05) is 26.0 Å². The molecule has 5 heteroatoms. The van der Waals surface area contributed by atoms with Crippen molar-refractivity contribution in [2.45, 2.75) is 11.8 Å². The molecule has 0 radical (unpaired) electrons. The SMILES string of the molecule is C/C(=C/c1ccccc1)CNCCOc1ccc(S(C)(=O)=O)cc1. The number of ether oxygens (including phenoxy) is 1. The van der Waals surface area contributed by atoms with Gasteiger partial charge in [-0.2, -0.15) is 0 Å². The van der Waals surface area contributed by atoms with E-state index in [9.17, 15) is 8.42 Å². The molecular formula is C19H23NO3S. The molecule has 0 unspecified atom stereocenters. The van der Waals surface area contributed by atoms with Gasteiger partial charge in [-0.3, -0.25) is 0 Å². The molecular weight excluding hydrogens is 322 g/mol. The maximum Gasteiger partial charge on any atom is 0.175 e. The predicted octanol–water partition coefficient (Wildman–Crippen LogP) is 3.16. The zero-order valence-corrected chi connectivity index (χ0v) is 14.8. The third kappa shape index (κ3) is 6.18. The summed E-state index contributed by atoms with van der Waals surface area (Å²) in [6.07, 6.45) is 3.34. The first-order valence-electron chi connectivity index (χ1n) is 7.81. The quantitative estimate of drug-likeness (QED) is 0.747. The van der Waals surface area contributed by atoms with Crippen molar-refractivity contribution in [1.29, 1.82) is 0 Å². The van der Waals surface area contributed by atoms with Crippen LogP contribution in [0.4, 0.5) is 0 Å². The van der Waals surface area contributed by atoms with E-state index in [4.69, 9.17) is 4.74 Å². The van der Waals surface area contributed by atoms with E-state index >= 15 is 0 Å². The number of hydrogen-bond acceptors (Lipinski definition) is 4. The summed E-state index contributed by atoms with van der Waals surface area (Å²) < 4.78 is 28.4. The maximum absolute atomic E-state index is 11.4. The fourth-order valence-corrected chi connectivity index (χ4v) is 2.82. The molecule has 0 aliphatic carbocycles. The van der Waals surface area contributed by atoms with Crippen LogP contribution < -0.4 is 10.1 Å². The Kier molecular flexibility index (Phi) is 6.58. The lowest BCUT2D eigenvalue weighted by Gasteiger charge is -2.08. The second-order valence-electron chi connectivity index (χ2n) is 5.67. The predicted molar refractivity (Wildman–Crippen MR) is 98.0 cm³/mol. The molecule has 0 amide bonds. The summed E-state index contributed by atoms with van der Waals surface area (Å²) in [5.41, 5.74) is 2.44. The molecule has 0 spiro atoms. The van der Waals surface area contributed by atoms with Crippen molar-refractivity contribution < 1.29 is 13.2 Å². The van der Waals surface area contributed by atoms with E-state index in [1.165, 1.54) is 17.4 Å². The Bertz CT molecular complexity index is 766. The van der Waals surface area contributed by atoms with Crippen LogP contribution in [-0.4, -0.2) is 34.4 Å². The first kappa shape index (κ1) is 18.2. The van der Waals surface area contributed by atoms with Crippen LogP contribution in [0.1, 0.15) is 12.5 Å². The highest BCUT2D eigenvalue weighted by Gasteiger charge is 2.06. The number of sulfone groups is 1. The zero-order chi connectivity index (χ0) is 17.4. The van der Waals surface area contributed by atoms with E-state index in [1.807, 2.05) is 18.2 Å². The van der Waals surface area contributed by atoms with Crippen LogP contribution in [0.3, 0.4) is 0 Å². The van der Waals surface area contributed by atoms with Gasteiger partial charge in [0.15, 0.2) is 9.84 Å². The van der Waals surface area contributed by atoms with Gasteiger partial charge in [0, 0.05) is 19.3 Å². The molecule has 24 heavy (non-hydrogen) atoms. The van der Waals surface area contributed by atoms with Crippen LogP contribution in [0.5, 0.6) is 5.75 Å². The van der Waals surface area contributed by atoms with Gasteiger partial charge in [-0.05, 0) is 36.8 Å². The summed E-state index contributed by atoms with van der Waals surface area (Å²) in [6, 6.07) is 16.7. The minimum atomic E-state index is -3.16. The first-order valence-corrected chi connectivity index (χ1v) is 9.70. The van der Waals surface area contributed by atoms with Crippen molar-refractivity contribution in [3.63, 3.8) is 0 Å². The molecule has 0 saturated heterocycles. The molecule has 0 aliphatic rings. The highest BCUT2D eigenvalue weighted by atomic mass is 32.2. The number of rotatable bonds is 8. The summed E-state index contributed by atoms with van der Waals surface area (Å²) in [6.45, 7) is 4.13. The van der Waals surface area contributed by atoms with Crippen LogP contribution in [0, 0.1) is 0 Å². The van der Waals surface area contributed by atoms with E-state index < -0.39 is 9.84 Å². The Morgan fingerprint density at radius 3 is 2.38 bits per heavy atom. The smallest absolute Gasteiger partial charge is 0.175 e. The lowest BCUT2D eigenvalue weighted by atomic mass is 10.1. The van der Waals surface area contributed by atoms with Crippen molar-refractivity contribution in [3.8, 4) is 5.75 Å². The number of benzene rings is 2. The van der Waals surface area contributed by atoms with Gasteiger partial charge >= 0.3 is 0 Å². The molecule has 0 fully saturated rings. The van der Waals surface area contributed by atoms with Gasteiger partial charge < -0.3 is 10.1 Å². The minimum Gasteiger partial charge on any atom is -0.492 e. The molecule has 2 aromatic rings. The summed E-state index contributed by atoms with van der Waals surface area (Å²) in [5.74, 6) is 0.667. The lowest BCUT2D eigenvalue weighted by Crippen LogP contribution is -2.22. The van der Waals surface area contributed by atoms with Gasteiger partial charge in [0.25, 0.3) is 0 Å². The summed E-state index contributed by atoms with van der Waals surface area (Å²) in [5, 5.41) is 3.32. The van der Waals surface area contributed by atoms with E-state index in [0.29, 0.717) is 23.8 Å². The second kappa shape index (κ2) is 8.66. The van der Waals surface area contributed by atoms with E-state index in [0.717, 1.165) is 6.54 Å². The number of nitrogens with one attached hydrogen (secondary N) is 1. The monoisotopic (exact) mass is 345 g/mol. The van der Waals surface area contributed by atoms with Crippen LogP contribution >= 0.6 is 0 Å². The lowest BCUT2D eigenvalue weighted by molar-refractivity contribution is 0.316. The van der Waals surface area contributed by atoms with Gasteiger partial charge in [-0.25, -0.2) is 8.42 Å². The van der Waals surface area contributed by atoms with Crippen molar-refractivity contribution in [3.05, 3.63) is 65.7 Å². The molecule has 0 saturated carbocycles. The molecule has 128 valence electrons. The Balaban J connectivity index is 1.70. The van der Waals surface area contributed by atoms with Gasteiger partial charge in [0.1, 0.15) is 12.4 Å². The van der Waals surface area contributed by atoms with Crippen LogP contribution in [0.15, 0.2) is 65.1 Å². The fraction of sp³-hybridized carbons (Fsp3) is 0.263. The van der Waals surface area contributed by atoms with E-state index in [-0.39, 0.29) is 0 Å². The Morgan fingerprint density at radius 2 is 1.75 bits per heavy atom. The normalized spacial score (nSPS) is 12.2. The average Bonchev–Trinajstić information content (AvgIpc) is 2.55. The topological polar surface area (TPSA) is 55.4 Å². The van der Waals surface area contributed by atoms with Crippen molar-refractivity contribution in [1.82, 2.24) is 5.32 Å². The molecule has 0 atom stereocenters. The highest BCUT2D eigenvalue weighted by molar-refractivity contribution is 7.90. The van der Waals surface area contributed by atoms with E-state index in [2.05, 4.69) is 30.4 Å². The van der Waals surface area contributed by atoms with E-state index in [1.54, 1.807) is 24.3 Å². The summed E-state index contributed by atoms with van der Waals surface area (Å²) >= 11 is 0. The van der Waals surface area contributed by atoms with Crippen molar-refractivity contribution in [2.24, 2.45) is 0 Å². The Hall–Kier alpha value is -2.11. The fourth-order valence-electron chi connectivity index (χ4n) is 2.19. The molecule has 1 N–H and O–H groups in total. The molecule has 0 heterocycles. The van der Waals surface area contributed by atoms with Crippen LogP contribution in [0.2, 0.25) is 0 Å². The first-order chi connectivity index (χ1) is 11.4. The molecule has 4 nitrogen and oxygen atoms in total. The standard InChI is InChI=1S/C19H23NO3S/c1-16(14-17-6-4-3-5-7-17)15-20-12-13-23-18-8-10-19(11-9-18)24(2,21)22/h3-11,14,20H,12-13,15H2,1-2H3/b16-14-. The summed E-state index contributed by atoms with van der Waals surface area (Å²) in [4.78, 5) is 0.301. The Morgan fingerprint density at radius 1 is 1.08 bits per heavy atom. The van der Waals surface area contributed by atoms with Crippen molar-refractivity contribution >= 4 is 15.9 Å². The van der Waals surface area contributed by atoms with Crippen LogP contribution in [-0.2, 0) is 9.84 Å². The third-order valence-electron chi connectivity index (χ3n) is 3.42. The largest absolute Gasteiger partial charge is 0.492 e. The third-order valence-corrected chi connectivity index (χ3v) is 4.54.